The van der Waals surface area contributed by atoms with E-state index in [0.717, 1.165) is 19.6 Å². The van der Waals surface area contributed by atoms with Gasteiger partial charge in [0.1, 0.15) is 0 Å². The summed E-state index contributed by atoms with van der Waals surface area (Å²) in [5.74, 6) is 0.909. The molecular formula is C19H26N2OS. The molecule has 0 saturated carbocycles. The zero-order chi connectivity index (χ0) is 15.6. The Morgan fingerprint density at radius 3 is 2.96 bits per heavy atom. The Bertz CT molecular complexity index is 589. The maximum Gasteiger partial charge on any atom is 0.233 e. The van der Waals surface area contributed by atoms with Crippen LogP contribution in [-0.4, -0.2) is 53.7 Å². The van der Waals surface area contributed by atoms with Crippen LogP contribution in [0.2, 0.25) is 0 Å². The molecule has 1 aliphatic carbocycles. The summed E-state index contributed by atoms with van der Waals surface area (Å²) in [4.78, 5) is 18.5. The number of aryl methyl sites for hydroxylation is 2. The molecule has 0 N–H and O–H groups in total. The lowest BCUT2D eigenvalue weighted by atomic mass is 9.99. The Labute approximate surface area is 143 Å². The highest BCUT2D eigenvalue weighted by Gasteiger charge is 2.30. The number of piperidine rings is 1. The van der Waals surface area contributed by atoms with E-state index < -0.39 is 0 Å². The van der Waals surface area contributed by atoms with Crippen LogP contribution in [0.15, 0.2) is 23.1 Å². The molecule has 3 nitrogen and oxygen atoms in total. The molecule has 0 radical (unpaired) electrons. The average molecular weight is 330 g/mol. The molecule has 23 heavy (non-hydrogen) atoms. The van der Waals surface area contributed by atoms with Gasteiger partial charge in [0.05, 0.1) is 5.75 Å². The van der Waals surface area contributed by atoms with Crippen LogP contribution in [0.1, 0.15) is 36.8 Å². The van der Waals surface area contributed by atoms with Crippen LogP contribution in [-0.2, 0) is 17.6 Å². The minimum atomic E-state index is 0.320. The Kier molecular flexibility index (Phi) is 4.63. The molecule has 124 valence electrons. The lowest BCUT2D eigenvalue weighted by Gasteiger charge is -2.44. The number of carbonyl (C=O) groups is 1. The van der Waals surface area contributed by atoms with Gasteiger partial charge < -0.3 is 4.90 Å². The fourth-order valence-electron chi connectivity index (χ4n) is 4.26. The molecule has 1 unspecified atom stereocenters. The van der Waals surface area contributed by atoms with Gasteiger partial charge in [0.25, 0.3) is 0 Å². The fourth-order valence-corrected chi connectivity index (χ4v) is 5.12. The maximum absolute atomic E-state index is 12.6. The quantitative estimate of drug-likeness (QED) is 0.796. The summed E-state index contributed by atoms with van der Waals surface area (Å²) in [5, 5.41) is 0. The number of rotatable bonds is 3. The van der Waals surface area contributed by atoms with Gasteiger partial charge in [0, 0.05) is 30.6 Å². The first-order valence-electron chi connectivity index (χ1n) is 9.06. The zero-order valence-electron chi connectivity index (χ0n) is 13.8. The molecule has 0 spiro atoms. The molecule has 0 bridgehead atoms. The van der Waals surface area contributed by atoms with Crippen LogP contribution >= 0.6 is 11.8 Å². The second-order valence-electron chi connectivity index (χ2n) is 7.10. The van der Waals surface area contributed by atoms with Crippen molar-refractivity contribution in [3.8, 4) is 0 Å². The van der Waals surface area contributed by atoms with Gasteiger partial charge in [0.15, 0.2) is 0 Å². The van der Waals surface area contributed by atoms with Gasteiger partial charge in [-0.1, -0.05) is 12.5 Å². The molecule has 2 fully saturated rings. The molecule has 4 heteroatoms. The lowest BCUT2D eigenvalue weighted by molar-refractivity contribution is -0.131. The molecule has 4 rings (SSSR count). The van der Waals surface area contributed by atoms with Gasteiger partial charge in [-0.15, -0.1) is 11.8 Å². The van der Waals surface area contributed by atoms with Crippen LogP contribution in [0.3, 0.4) is 0 Å². The predicted molar refractivity (Wildman–Crippen MR) is 95.0 cm³/mol. The van der Waals surface area contributed by atoms with Crippen LogP contribution in [0, 0.1) is 0 Å². The number of benzene rings is 1. The average Bonchev–Trinajstić information content (AvgIpc) is 3.07. The summed E-state index contributed by atoms with van der Waals surface area (Å²) in [5.41, 5.74) is 3.01. The predicted octanol–water partition coefficient (Wildman–Crippen LogP) is 2.96. The van der Waals surface area contributed by atoms with Crippen molar-refractivity contribution in [1.82, 2.24) is 9.80 Å². The molecule has 1 aromatic rings. The SMILES string of the molecule is O=C(CSc1ccc2c(c1)CCC2)N1CCN2CCCCC2C1. The van der Waals surface area contributed by atoms with Gasteiger partial charge in [-0.25, -0.2) is 0 Å². The third-order valence-corrected chi connectivity index (χ3v) is 6.60. The Balaban J connectivity index is 1.31. The van der Waals surface area contributed by atoms with Crippen molar-refractivity contribution >= 4 is 17.7 Å². The van der Waals surface area contributed by atoms with Crippen LogP contribution in [0.4, 0.5) is 0 Å². The summed E-state index contributed by atoms with van der Waals surface area (Å²) >= 11 is 1.71. The van der Waals surface area contributed by atoms with E-state index in [4.69, 9.17) is 0 Å². The second-order valence-corrected chi connectivity index (χ2v) is 8.15. The number of amides is 1. The lowest BCUT2D eigenvalue weighted by Crippen LogP contribution is -2.56. The molecule has 3 aliphatic rings. The van der Waals surface area contributed by atoms with Crippen LogP contribution in [0.5, 0.6) is 0 Å². The largest absolute Gasteiger partial charge is 0.339 e. The number of hydrogen-bond donors (Lipinski definition) is 0. The number of carbonyl (C=O) groups excluding carboxylic acids is 1. The van der Waals surface area contributed by atoms with E-state index in [-0.39, 0.29) is 0 Å². The smallest absolute Gasteiger partial charge is 0.233 e. The van der Waals surface area contributed by atoms with Crippen molar-refractivity contribution in [2.24, 2.45) is 0 Å². The van der Waals surface area contributed by atoms with E-state index >= 15 is 0 Å². The van der Waals surface area contributed by atoms with Crippen molar-refractivity contribution in [2.75, 3.05) is 31.9 Å². The van der Waals surface area contributed by atoms with Crippen molar-refractivity contribution < 1.29 is 4.79 Å². The summed E-state index contributed by atoms with van der Waals surface area (Å²) in [6.07, 6.45) is 7.65. The molecule has 1 atom stereocenters. The Hall–Kier alpha value is -1.00. The summed E-state index contributed by atoms with van der Waals surface area (Å²) in [6.45, 7) is 4.17. The second kappa shape index (κ2) is 6.86. The van der Waals surface area contributed by atoms with Crippen molar-refractivity contribution in [3.05, 3.63) is 29.3 Å². The molecule has 2 heterocycles. The minimum Gasteiger partial charge on any atom is -0.339 e. The molecule has 2 aliphatic heterocycles. The molecule has 1 aromatic carbocycles. The van der Waals surface area contributed by atoms with Gasteiger partial charge >= 0.3 is 0 Å². The maximum atomic E-state index is 12.6. The van der Waals surface area contributed by atoms with E-state index in [1.54, 1.807) is 11.8 Å². The van der Waals surface area contributed by atoms with Crippen LogP contribution in [0.25, 0.3) is 0 Å². The standard InChI is InChI=1S/C19H26N2OS/c22-19(21-11-10-20-9-2-1-6-17(20)13-21)14-23-18-8-7-15-4-3-5-16(15)12-18/h7-8,12,17H,1-6,9-11,13-14H2. The first-order chi connectivity index (χ1) is 11.3. The first kappa shape index (κ1) is 15.5. The highest BCUT2D eigenvalue weighted by atomic mass is 32.2. The number of nitrogens with zero attached hydrogens (tertiary/aromatic N) is 2. The molecule has 0 aromatic heterocycles. The summed E-state index contributed by atoms with van der Waals surface area (Å²) < 4.78 is 0. The number of piperazine rings is 1. The number of fused-ring (bicyclic) bond motifs is 2. The third kappa shape index (κ3) is 3.43. The number of hydrogen-bond acceptors (Lipinski definition) is 3. The molecule has 1 amide bonds. The summed E-state index contributed by atoms with van der Waals surface area (Å²) in [6, 6.07) is 7.38. The van der Waals surface area contributed by atoms with Gasteiger partial charge in [-0.05, 0) is 61.9 Å². The van der Waals surface area contributed by atoms with E-state index in [2.05, 4.69) is 28.0 Å². The van der Waals surface area contributed by atoms with Crippen LogP contribution < -0.4 is 0 Å². The fraction of sp³-hybridized carbons (Fsp3) is 0.632. The van der Waals surface area contributed by atoms with Gasteiger partial charge in [-0.2, -0.15) is 0 Å². The van der Waals surface area contributed by atoms with E-state index in [0.29, 0.717) is 17.7 Å². The Morgan fingerprint density at radius 1 is 1.09 bits per heavy atom. The third-order valence-electron chi connectivity index (χ3n) is 5.62. The van der Waals surface area contributed by atoms with E-state index in [1.165, 1.54) is 61.1 Å². The topological polar surface area (TPSA) is 23.6 Å². The zero-order valence-corrected chi connectivity index (χ0v) is 14.6. The minimum absolute atomic E-state index is 0.320. The summed E-state index contributed by atoms with van der Waals surface area (Å²) in [7, 11) is 0. The van der Waals surface area contributed by atoms with E-state index in [9.17, 15) is 4.79 Å². The monoisotopic (exact) mass is 330 g/mol. The molecular weight excluding hydrogens is 304 g/mol. The van der Waals surface area contributed by atoms with Crippen molar-refractivity contribution in [2.45, 2.75) is 49.5 Å². The van der Waals surface area contributed by atoms with Crippen molar-refractivity contribution in [1.29, 1.82) is 0 Å². The van der Waals surface area contributed by atoms with E-state index in [1.807, 2.05) is 0 Å². The molecule has 2 saturated heterocycles. The van der Waals surface area contributed by atoms with Gasteiger partial charge in [-0.3, -0.25) is 9.69 Å². The van der Waals surface area contributed by atoms with Crippen molar-refractivity contribution in [3.63, 3.8) is 0 Å². The number of thioether (sulfide) groups is 1. The highest BCUT2D eigenvalue weighted by molar-refractivity contribution is 8.00. The highest BCUT2D eigenvalue weighted by Crippen LogP contribution is 2.28. The normalized spacial score (nSPS) is 24.3. The first-order valence-corrected chi connectivity index (χ1v) is 10.0. The Morgan fingerprint density at radius 2 is 2.00 bits per heavy atom. The van der Waals surface area contributed by atoms with Gasteiger partial charge in [0.2, 0.25) is 5.91 Å².